The van der Waals surface area contributed by atoms with Gasteiger partial charge in [0.1, 0.15) is 15.9 Å². The highest BCUT2D eigenvalue weighted by atomic mass is 35.7. The number of hydrogen-bond donors (Lipinski definition) is 1. The molecule has 0 fully saturated rings. The molecule has 0 aliphatic heterocycles. The highest BCUT2D eigenvalue weighted by Gasteiger charge is 2.53. The minimum Gasteiger partial charge on any atom is -0.416 e. The molecule has 1 heterocycles. The number of benzene rings is 4. The third-order valence-electron chi connectivity index (χ3n) is 6.41. The summed E-state index contributed by atoms with van der Waals surface area (Å²) < 4.78 is 39.4. The summed E-state index contributed by atoms with van der Waals surface area (Å²) in [6.07, 6.45) is 0. The van der Waals surface area contributed by atoms with Gasteiger partial charge in [0, 0.05) is 18.7 Å². The number of oxazole rings is 1. The Balaban J connectivity index is 0.000000681. The van der Waals surface area contributed by atoms with Crippen LogP contribution >= 0.6 is 7.26 Å². The van der Waals surface area contributed by atoms with Gasteiger partial charge in [0.2, 0.25) is 5.89 Å². The van der Waals surface area contributed by atoms with Gasteiger partial charge in [-0.2, -0.15) is 19.0 Å². The van der Waals surface area contributed by atoms with Gasteiger partial charge in [-0.05, 0) is 62.4 Å². The molecule has 206 valence electrons. The van der Waals surface area contributed by atoms with Crippen molar-refractivity contribution >= 4 is 34.5 Å². The molecule has 5 rings (SSSR count). The molecular weight excluding hydrogens is 547 g/mol. The minimum atomic E-state index is -4.69. The van der Waals surface area contributed by atoms with Crippen LogP contribution in [0.4, 0.5) is 5.88 Å². The van der Waals surface area contributed by atoms with E-state index in [2.05, 4.69) is 122 Å². The molecule has 0 amide bonds. The zero-order valence-electron chi connectivity index (χ0n) is 22.3. The van der Waals surface area contributed by atoms with Gasteiger partial charge < -0.3 is 9.32 Å². The normalized spacial score (nSPS) is 11.4. The van der Waals surface area contributed by atoms with Gasteiger partial charge in [-0.25, -0.2) is 0 Å². The molecule has 0 saturated carbocycles. The number of anilines is 1. The summed E-state index contributed by atoms with van der Waals surface area (Å²) in [5.41, 5.74) is 2.00. The van der Waals surface area contributed by atoms with E-state index >= 15 is 0 Å². The number of nitrogens with zero attached hydrogens (tertiary/aromatic N) is 2. The molecule has 0 unspecified atom stereocenters. The average molecular weight is 578 g/mol. The van der Waals surface area contributed by atoms with Crippen LogP contribution in [-0.4, -0.2) is 22.7 Å². The van der Waals surface area contributed by atoms with Crippen molar-refractivity contribution in [3.8, 4) is 11.5 Å². The number of hydrogen-bond acceptors (Lipinski definition) is 7. The maximum absolute atomic E-state index is 8.60. The van der Waals surface area contributed by atoms with E-state index in [0.29, 0.717) is 5.89 Å². The van der Waals surface area contributed by atoms with E-state index in [4.69, 9.17) is 28.0 Å². The van der Waals surface area contributed by atoms with E-state index in [0.717, 1.165) is 30.0 Å². The molecular formula is C31H31ClN2O5P+. The molecule has 1 aromatic heterocycles. The van der Waals surface area contributed by atoms with Gasteiger partial charge in [-0.3, -0.25) is 0 Å². The highest BCUT2D eigenvalue weighted by Crippen LogP contribution is 2.56. The van der Waals surface area contributed by atoms with Gasteiger partial charge in [0.15, 0.2) is 7.26 Å². The molecule has 4 aromatic carbocycles. The fourth-order valence-electron chi connectivity index (χ4n) is 4.71. The summed E-state index contributed by atoms with van der Waals surface area (Å²) in [5, 5.41) is 3.79. The number of rotatable bonds is 8. The first-order valence-electron chi connectivity index (χ1n) is 12.8. The Morgan fingerprint density at radius 2 is 1.02 bits per heavy atom. The van der Waals surface area contributed by atoms with Crippen molar-refractivity contribution < 1.29 is 33.3 Å². The Morgan fingerprint density at radius 1 is 0.675 bits per heavy atom. The van der Waals surface area contributed by atoms with Crippen molar-refractivity contribution in [1.29, 1.82) is 0 Å². The Labute approximate surface area is 237 Å². The van der Waals surface area contributed by atoms with E-state index in [9.17, 15) is 0 Å². The van der Waals surface area contributed by atoms with Crippen LogP contribution in [0, 0.1) is 10.2 Å². The Kier molecular flexibility index (Phi) is 9.71. The van der Waals surface area contributed by atoms with Gasteiger partial charge in [-0.1, -0.05) is 72.8 Å². The third-order valence-corrected chi connectivity index (χ3v) is 10.6. The SMILES string of the molecule is CCN(CC)c1oc(-c2ccccc2)nc1[P+](c1ccccc1)(c1ccccc1)c1ccccc1.[O-][Cl+3]([O-])([O-])O. The van der Waals surface area contributed by atoms with Crippen LogP contribution in [0.3, 0.4) is 0 Å². The summed E-state index contributed by atoms with van der Waals surface area (Å²) in [7, 11) is -7.06. The third kappa shape index (κ3) is 6.60. The fraction of sp³-hybridized carbons (Fsp3) is 0.129. The number of aromatic nitrogens is 1. The molecule has 1 N–H and O–H groups in total. The first-order valence-corrected chi connectivity index (χ1v) is 15.8. The summed E-state index contributed by atoms with van der Waals surface area (Å²) in [6.45, 7) is 6.02. The monoisotopic (exact) mass is 577 g/mol. The highest BCUT2D eigenvalue weighted by molar-refractivity contribution is 8.01. The summed E-state index contributed by atoms with van der Waals surface area (Å²) in [6, 6.07) is 42.7. The van der Waals surface area contributed by atoms with Gasteiger partial charge in [0.05, 0.1) is 14.9 Å². The van der Waals surface area contributed by atoms with Crippen LogP contribution in [-0.2, 0) is 0 Å². The molecule has 9 heteroatoms. The van der Waals surface area contributed by atoms with Crippen LogP contribution in [0.2, 0.25) is 0 Å². The van der Waals surface area contributed by atoms with E-state index in [1.54, 1.807) is 0 Å². The van der Waals surface area contributed by atoms with Crippen LogP contribution in [0.15, 0.2) is 126 Å². The summed E-state index contributed by atoms with van der Waals surface area (Å²) >= 11 is 0. The molecule has 0 bridgehead atoms. The Hall–Kier alpha value is -3.55. The molecule has 0 aliphatic rings. The van der Waals surface area contributed by atoms with E-state index in [1.807, 2.05) is 18.2 Å². The lowest BCUT2D eigenvalue weighted by molar-refractivity contribution is -1.92. The molecule has 0 radical (unpaired) electrons. The molecule has 5 aromatic rings. The molecule has 0 saturated heterocycles. The fourth-order valence-corrected chi connectivity index (χ4v) is 8.91. The summed E-state index contributed by atoms with van der Waals surface area (Å²) in [4.78, 5) is 7.63. The first kappa shape index (κ1) is 29.4. The van der Waals surface area contributed by atoms with Crippen LogP contribution in [0.25, 0.3) is 11.5 Å². The minimum absolute atomic E-state index is 0.662. The maximum Gasteiger partial charge on any atom is 0.262 e. The maximum atomic E-state index is 8.60. The Morgan fingerprint density at radius 3 is 1.38 bits per heavy atom. The van der Waals surface area contributed by atoms with Crippen molar-refractivity contribution in [2.75, 3.05) is 18.0 Å². The predicted molar refractivity (Wildman–Crippen MR) is 153 cm³/mol. The second kappa shape index (κ2) is 13.2. The van der Waals surface area contributed by atoms with Crippen LogP contribution in [0.5, 0.6) is 0 Å². The quantitative estimate of drug-likeness (QED) is 0.279. The van der Waals surface area contributed by atoms with Crippen molar-refractivity contribution in [2.45, 2.75) is 13.8 Å². The van der Waals surface area contributed by atoms with Crippen LogP contribution < -0.4 is 40.2 Å². The Bertz CT molecular complexity index is 1360. The molecule has 7 nitrogen and oxygen atoms in total. The largest absolute Gasteiger partial charge is 0.416 e. The predicted octanol–water partition coefficient (Wildman–Crippen LogP) is 1.68. The van der Waals surface area contributed by atoms with Crippen molar-refractivity contribution in [2.24, 2.45) is 0 Å². The second-order valence-electron chi connectivity index (χ2n) is 8.76. The molecule has 0 atom stereocenters. The zero-order chi connectivity index (χ0) is 28.6. The van der Waals surface area contributed by atoms with E-state index < -0.39 is 17.5 Å². The number of halogens is 1. The molecule has 0 spiro atoms. The summed E-state index contributed by atoms with van der Waals surface area (Å²) in [5.74, 6) is 1.52. The van der Waals surface area contributed by atoms with E-state index in [-0.39, 0.29) is 0 Å². The standard InChI is InChI=1S/C31H30N2OP.ClHO4/c1-3-33(4-2)31-30(32-29(34-31)25-17-9-5-10-18-25)35(26-19-11-6-12-20-26,27-21-13-7-14-22-27)28-23-15-8-16-24-28;2-1(3,4)5/h5-24H,3-4H2,1-2H3;(H,2,3,4,5)/q+1;. The van der Waals surface area contributed by atoms with Gasteiger partial charge in [0.25, 0.3) is 11.3 Å². The lowest BCUT2D eigenvalue weighted by Gasteiger charge is -2.27. The van der Waals surface area contributed by atoms with Crippen molar-refractivity contribution in [3.05, 3.63) is 121 Å². The van der Waals surface area contributed by atoms with E-state index in [1.165, 1.54) is 15.9 Å². The zero-order valence-corrected chi connectivity index (χ0v) is 23.9. The lowest BCUT2D eigenvalue weighted by Crippen LogP contribution is -2.58. The van der Waals surface area contributed by atoms with Gasteiger partial charge in [-0.15, -0.1) is 0 Å². The molecule has 0 aliphatic carbocycles. The van der Waals surface area contributed by atoms with Crippen molar-refractivity contribution in [1.82, 2.24) is 4.98 Å². The lowest BCUT2D eigenvalue weighted by atomic mass is 10.2. The first-order chi connectivity index (χ1) is 19.3. The second-order valence-corrected chi connectivity index (χ2v) is 12.9. The van der Waals surface area contributed by atoms with Gasteiger partial charge >= 0.3 is 0 Å². The van der Waals surface area contributed by atoms with Crippen LogP contribution in [0.1, 0.15) is 13.8 Å². The molecule has 40 heavy (non-hydrogen) atoms. The topological polar surface area (TPSA) is 119 Å². The van der Waals surface area contributed by atoms with Crippen molar-refractivity contribution in [3.63, 3.8) is 0 Å². The average Bonchev–Trinajstić information content (AvgIpc) is 3.41. The smallest absolute Gasteiger partial charge is 0.262 e.